The standard InChI is InChI=1S/C24H34N4O2.HI/c1-5-25-24(26-15-19-7-10-21(11-8-19)28(3)4)27-16-20-9-6-18(2)14-23(20)30-22-12-13-29-17-22;/h6-11,14,22H,5,12-13,15-17H2,1-4H3,(H2,25,26,27);1H. The molecule has 1 fully saturated rings. The van der Waals surface area contributed by atoms with Gasteiger partial charge < -0.3 is 25.0 Å². The second-order valence-corrected chi connectivity index (χ2v) is 7.82. The Morgan fingerprint density at radius 1 is 1.16 bits per heavy atom. The average Bonchev–Trinajstić information content (AvgIpc) is 3.24. The highest BCUT2D eigenvalue weighted by Crippen LogP contribution is 2.23. The maximum absolute atomic E-state index is 6.21. The van der Waals surface area contributed by atoms with Crippen LogP contribution in [0.4, 0.5) is 5.69 Å². The summed E-state index contributed by atoms with van der Waals surface area (Å²) in [6.07, 6.45) is 1.08. The Balaban J connectivity index is 0.00000341. The topological polar surface area (TPSA) is 58.1 Å². The Morgan fingerprint density at radius 3 is 2.58 bits per heavy atom. The lowest BCUT2D eigenvalue weighted by molar-refractivity contribution is 0.140. The number of hydrogen-bond donors (Lipinski definition) is 2. The number of aliphatic imine (C=N–C) groups is 1. The van der Waals surface area contributed by atoms with Gasteiger partial charge in [0.1, 0.15) is 11.9 Å². The van der Waals surface area contributed by atoms with Crippen molar-refractivity contribution in [2.24, 2.45) is 4.99 Å². The van der Waals surface area contributed by atoms with Gasteiger partial charge in [0.25, 0.3) is 0 Å². The van der Waals surface area contributed by atoms with E-state index < -0.39 is 0 Å². The van der Waals surface area contributed by atoms with Crippen molar-refractivity contribution in [3.05, 3.63) is 59.2 Å². The number of nitrogens with zero attached hydrogens (tertiary/aromatic N) is 2. The third-order valence-corrected chi connectivity index (χ3v) is 5.07. The fourth-order valence-corrected chi connectivity index (χ4v) is 3.29. The van der Waals surface area contributed by atoms with Crippen LogP contribution in [0.3, 0.4) is 0 Å². The fourth-order valence-electron chi connectivity index (χ4n) is 3.29. The van der Waals surface area contributed by atoms with Crippen molar-refractivity contribution < 1.29 is 9.47 Å². The molecule has 7 heteroatoms. The van der Waals surface area contributed by atoms with Gasteiger partial charge in [0.15, 0.2) is 5.96 Å². The molecule has 170 valence electrons. The van der Waals surface area contributed by atoms with Crippen LogP contribution in [-0.4, -0.2) is 45.9 Å². The number of guanidine groups is 1. The third-order valence-electron chi connectivity index (χ3n) is 5.07. The van der Waals surface area contributed by atoms with E-state index in [1.54, 1.807) is 0 Å². The summed E-state index contributed by atoms with van der Waals surface area (Å²) in [5, 5.41) is 6.77. The van der Waals surface area contributed by atoms with Crippen molar-refractivity contribution in [1.29, 1.82) is 0 Å². The molecular weight excluding hydrogens is 503 g/mol. The summed E-state index contributed by atoms with van der Waals surface area (Å²) in [4.78, 5) is 6.84. The smallest absolute Gasteiger partial charge is 0.191 e. The van der Waals surface area contributed by atoms with Gasteiger partial charge in [0.05, 0.1) is 19.8 Å². The number of nitrogens with one attached hydrogen (secondary N) is 2. The highest BCUT2D eigenvalue weighted by atomic mass is 127. The van der Waals surface area contributed by atoms with Gasteiger partial charge in [-0.1, -0.05) is 24.3 Å². The highest BCUT2D eigenvalue weighted by molar-refractivity contribution is 14.0. The van der Waals surface area contributed by atoms with Crippen molar-refractivity contribution >= 4 is 35.6 Å². The van der Waals surface area contributed by atoms with Gasteiger partial charge in [-0.3, -0.25) is 0 Å². The summed E-state index contributed by atoms with van der Waals surface area (Å²) in [5.41, 5.74) is 4.67. The second kappa shape index (κ2) is 12.8. The van der Waals surface area contributed by atoms with E-state index in [4.69, 9.17) is 14.5 Å². The summed E-state index contributed by atoms with van der Waals surface area (Å²) < 4.78 is 11.7. The van der Waals surface area contributed by atoms with Gasteiger partial charge in [-0.15, -0.1) is 24.0 Å². The second-order valence-electron chi connectivity index (χ2n) is 7.82. The Bertz CT molecular complexity index is 834. The van der Waals surface area contributed by atoms with Crippen molar-refractivity contribution in [2.45, 2.75) is 39.5 Å². The minimum absolute atomic E-state index is 0. The zero-order valence-electron chi connectivity index (χ0n) is 19.0. The first-order chi connectivity index (χ1) is 14.5. The normalized spacial score (nSPS) is 15.9. The monoisotopic (exact) mass is 538 g/mol. The summed E-state index contributed by atoms with van der Waals surface area (Å²) in [5.74, 6) is 1.72. The fraction of sp³-hybridized carbons (Fsp3) is 0.458. The first-order valence-corrected chi connectivity index (χ1v) is 10.7. The lowest BCUT2D eigenvalue weighted by Crippen LogP contribution is -2.37. The van der Waals surface area contributed by atoms with E-state index in [1.807, 2.05) is 14.1 Å². The van der Waals surface area contributed by atoms with Crippen LogP contribution in [-0.2, 0) is 17.8 Å². The lowest BCUT2D eigenvalue weighted by atomic mass is 10.1. The molecule has 2 aromatic rings. The van der Waals surface area contributed by atoms with Gasteiger partial charge in [-0.25, -0.2) is 4.99 Å². The van der Waals surface area contributed by atoms with Crippen LogP contribution >= 0.6 is 24.0 Å². The van der Waals surface area contributed by atoms with Gasteiger partial charge in [0.2, 0.25) is 0 Å². The molecule has 0 radical (unpaired) electrons. The van der Waals surface area contributed by atoms with Crippen LogP contribution < -0.4 is 20.3 Å². The molecule has 0 aliphatic carbocycles. The molecule has 2 N–H and O–H groups in total. The van der Waals surface area contributed by atoms with Gasteiger partial charge in [0, 0.05) is 44.9 Å². The van der Waals surface area contributed by atoms with Gasteiger partial charge in [-0.05, 0) is 43.2 Å². The molecule has 1 unspecified atom stereocenters. The zero-order valence-corrected chi connectivity index (χ0v) is 21.3. The number of benzene rings is 2. The minimum Gasteiger partial charge on any atom is -0.488 e. The Kier molecular flexibility index (Phi) is 10.4. The van der Waals surface area contributed by atoms with Crippen LogP contribution in [0, 0.1) is 6.92 Å². The Labute approximate surface area is 203 Å². The van der Waals surface area contributed by atoms with E-state index >= 15 is 0 Å². The minimum atomic E-state index is 0. The largest absolute Gasteiger partial charge is 0.488 e. The molecule has 31 heavy (non-hydrogen) atoms. The maximum Gasteiger partial charge on any atom is 0.191 e. The van der Waals surface area contributed by atoms with Crippen molar-refractivity contribution in [2.75, 3.05) is 38.8 Å². The molecule has 3 rings (SSSR count). The van der Waals surface area contributed by atoms with Crippen molar-refractivity contribution in [3.8, 4) is 5.75 Å². The molecule has 1 saturated heterocycles. The molecule has 1 aliphatic rings. The van der Waals surface area contributed by atoms with E-state index in [2.05, 4.69) is 71.8 Å². The molecule has 1 atom stereocenters. The summed E-state index contributed by atoms with van der Waals surface area (Å²) in [7, 11) is 4.09. The number of rotatable bonds is 8. The lowest BCUT2D eigenvalue weighted by Gasteiger charge is -2.18. The van der Waals surface area contributed by atoms with E-state index in [9.17, 15) is 0 Å². The summed E-state index contributed by atoms with van der Waals surface area (Å²) >= 11 is 0. The molecule has 0 amide bonds. The van der Waals surface area contributed by atoms with Crippen molar-refractivity contribution in [3.63, 3.8) is 0 Å². The zero-order chi connectivity index (χ0) is 21.3. The first kappa shape index (κ1) is 25.3. The van der Waals surface area contributed by atoms with Crippen LogP contribution in [0.5, 0.6) is 5.75 Å². The maximum atomic E-state index is 6.21. The molecule has 0 saturated carbocycles. The molecule has 2 aromatic carbocycles. The summed E-state index contributed by atoms with van der Waals surface area (Å²) in [6.45, 7) is 7.68. The van der Waals surface area contributed by atoms with Crippen LogP contribution in [0.25, 0.3) is 0 Å². The Morgan fingerprint density at radius 2 is 1.94 bits per heavy atom. The molecular formula is C24H35IN4O2. The SMILES string of the molecule is CCNC(=NCc1ccc(N(C)C)cc1)NCc1ccc(C)cc1OC1CCOC1.I. The van der Waals surface area contributed by atoms with E-state index in [0.717, 1.165) is 36.8 Å². The predicted molar refractivity (Wildman–Crippen MR) is 139 cm³/mol. The van der Waals surface area contributed by atoms with E-state index in [-0.39, 0.29) is 30.1 Å². The van der Waals surface area contributed by atoms with E-state index in [1.165, 1.54) is 16.8 Å². The van der Waals surface area contributed by atoms with Crippen LogP contribution in [0.2, 0.25) is 0 Å². The summed E-state index contributed by atoms with van der Waals surface area (Å²) in [6, 6.07) is 14.8. The number of halogens is 1. The number of ether oxygens (including phenoxy) is 2. The molecule has 1 aliphatic heterocycles. The number of anilines is 1. The third kappa shape index (κ3) is 7.88. The van der Waals surface area contributed by atoms with Crippen LogP contribution in [0.1, 0.15) is 30.0 Å². The van der Waals surface area contributed by atoms with E-state index in [0.29, 0.717) is 19.7 Å². The van der Waals surface area contributed by atoms with Gasteiger partial charge >= 0.3 is 0 Å². The number of hydrogen-bond acceptors (Lipinski definition) is 4. The quantitative estimate of drug-likeness (QED) is 0.301. The van der Waals surface area contributed by atoms with Crippen LogP contribution in [0.15, 0.2) is 47.5 Å². The highest BCUT2D eigenvalue weighted by Gasteiger charge is 2.18. The van der Waals surface area contributed by atoms with Crippen molar-refractivity contribution in [1.82, 2.24) is 10.6 Å². The molecule has 1 heterocycles. The molecule has 6 nitrogen and oxygen atoms in total. The first-order valence-electron chi connectivity index (χ1n) is 10.7. The number of aryl methyl sites for hydroxylation is 1. The molecule has 0 bridgehead atoms. The average molecular weight is 538 g/mol. The molecule has 0 aromatic heterocycles. The molecule has 0 spiro atoms. The Hall–Kier alpha value is -2.00. The van der Waals surface area contributed by atoms with Gasteiger partial charge in [-0.2, -0.15) is 0 Å². The predicted octanol–water partition coefficient (Wildman–Crippen LogP) is 4.10.